The van der Waals surface area contributed by atoms with Crippen LogP contribution in [0.25, 0.3) is 51.1 Å². The van der Waals surface area contributed by atoms with Gasteiger partial charge < -0.3 is 4.90 Å². The first-order valence-electron chi connectivity index (χ1n) is 12.4. The summed E-state index contributed by atoms with van der Waals surface area (Å²) in [6, 6.07) is 46.2. The van der Waals surface area contributed by atoms with Gasteiger partial charge in [0, 0.05) is 57.4 Å². The van der Waals surface area contributed by atoms with Crippen LogP contribution in [-0.4, -0.2) is 0 Å². The van der Waals surface area contributed by atoms with Crippen LogP contribution in [0.1, 0.15) is 0 Å². The highest BCUT2D eigenvalue weighted by Crippen LogP contribution is 2.46. The van der Waals surface area contributed by atoms with Crippen molar-refractivity contribution in [2.75, 3.05) is 4.90 Å². The van der Waals surface area contributed by atoms with Gasteiger partial charge in [-0.15, -0.1) is 22.7 Å². The van der Waals surface area contributed by atoms with Gasteiger partial charge in [0.1, 0.15) is 0 Å². The van der Waals surface area contributed by atoms with Gasteiger partial charge in [-0.3, -0.25) is 0 Å². The van der Waals surface area contributed by atoms with Crippen LogP contribution in [0.2, 0.25) is 0 Å². The Balaban J connectivity index is 1.36. The second-order valence-electron chi connectivity index (χ2n) is 9.40. The van der Waals surface area contributed by atoms with Gasteiger partial charge in [0.2, 0.25) is 0 Å². The van der Waals surface area contributed by atoms with Crippen molar-refractivity contribution in [3.05, 3.63) is 127 Å². The maximum atomic E-state index is 2.36. The van der Waals surface area contributed by atoms with E-state index < -0.39 is 0 Å². The molecule has 2 aromatic heterocycles. The monoisotopic (exact) mass is 507 g/mol. The predicted octanol–water partition coefficient (Wildman–Crippen LogP) is 11.0. The zero-order valence-corrected chi connectivity index (χ0v) is 21.5. The Morgan fingerprint density at radius 3 is 1.76 bits per heavy atom. The van der Waals surface area contributed by atoms with Crippen molar-refractivity contribution in [1.82, 2.24) is 0 Å². The molecule has 0 N–H and O–H groups in total. The number of rotatable bonds is 3. The minimum absolute atomic E-state index is 1.16. The maximum absolute atomic E-state index is 2.36. The molecule has 37 heavy (non-hydrogen) atoms. The molecular weight excluding hydrogens is 487 g/mol. The number of para-hydroxylation sites is 2. The van der Waals surface area contributed by atoms with Crippen molar-refractivity contribution in [2.45, 2.75) is 0 Å². The number of hydrogen-bond acceptors (Lipinski definition) is 3. The van der Waals surface area contributed by atoms with E-state index in [1.807, 2.05) is 22.7 Å². The van der Waals surface area contributed by atoms with E-state index >= 15 is 0 Å². The highest BCUT2D eigenvalue weighted by molar-refractivity contribution is 7.29. The Hall–Kier alpha value is -4.18. The molecule has 6 aromatic carbocycles. The van der Waals surface area contributed by atoms with Crippen molar-refractivity contribution >= 4 is 90.9 Å². The normalized spacial score (nSPS) is 11.8. The van der Waals surface area contributed by atoms with Gasteiger partial charge in [0.15, 0.2) is 0 Å². The minimum Gasteiger partial charge on any atom is -0.310 e. The number of fused-ring (bicyclic) bond motifs is 8. The first kappa shape index (κ1) is 21.0. The Bertz CT molecular complexity index is 2050. The molecule has 0 saturated heterocycles. The van der Waals surface area contributed by atoms with E-state index in [4.69, 9.17) is 0 Å². The summed E-state index contributed by atoms with van der Waals surface area (Å²) in [6.45, 7) is 0. The van der Waals surface area contributed by atoms with E-state index in [1.54, 1.807) is 0 Å². The molecule has 0 aliphatic rings. The summed E-state index contributed by atoms with van der Waals surface area (Å²) in [5.74, 6) is 0. The predicted molar refractivity (Wildman–Crippen MR) is 164 cm³/mol. The SMILES string of the molecule is c1ccc(N(c2ccccc2)c2ccc3c(c2)sc2ccc4c5cc6ccccc6cc5sc4c23)cc1. The molecule has 0 spiro atoms. The van der Waals surface area contributed by atoms with Gasteiger partial charge in [-0.25, -0.2) is 0 Å². The average Bonchev–Trinajstić information content (AvgIpc) is 3.50. The van der Waals surface area contributed by atoms with E-state index in [0.717, 1.165) is 11.4 Å². The highest BCUT2D eigenvalue weighted by atomic mass is 32.1. The molecule has 0 amide bonds. The number of hydrogen-bond donors (Lipinski definition) is 0. The van der Waals surface area contributed by atoms with Crippen molar-refractivity contribution in [1.29, 1.82) is 0 Å². The van der Waals surface area contributed by atoms with Crippen LogP contribution in [0.4, 0.5) is 17.1 Å². The van der Waals surface area contributed by atoms with Gasteiger partial charge in [-0.1, -0.05) is 72.8 Å². The van der Waals surface area contributed by atoms with Crippen molar-refractivity contribution < 1.29 is 0 Å². The molecule has 2 heterocycles. The smallest absolute Gasteiger partial charge is 0.0476 e. The maximum Gasteiger partial charge on any atom is 0.0476 e. The summed E-state index contributed by atoms with van der Waals surface area (Å²) >= 11 is 3.82. The first-order chi connectivity index (χ1) is 18.3. The average molecular weight is 508 g/mol. The first-order valence-corrected chi connectivity index (χ1v) is 14.1. The third kappa shape index (κ3) is 3.28. The fourth-order valence-electron chi connectivity index (χ4n) is 5.51. The molecule has 0 aliphatic heterocycles. The number of anilines is 3. The molecule has 0 saturated carbocycles. The van der Waals surface area contributed by atoms with Crippen molar-refractivity contribution in [3.8, 4) is 0 Å². The Labute approximate surface area is 222 Å². The van der Waals surface area contributed by atoms with Crippen LogP contribution >= 0.6 is 22.7 Å². The third-order valence-corrected chi connectivity index (χ3v) is 9.51. The highest BCUT2D eigenvalue weighted by Gasteiger charge is 2.17. The number of benzene rings is 6. The van der Waals surface area contributed by atoms with Gasteiger partial charge in [0.05, 0.1) is 0 Å². The summed E-state index contributed by atoms with van der Waals surface area (Å²) in [5, 5.41) is 8.05. The topological polar surface area (TPSA) is 3.24 Å². The molecule has 1 nitrogen and oxygen atoms in total. The zero-order valence-electron chi connectivity index (χ0n) is 19.9. The molecule has 0 fully saturated rings. The van der Waals surface area contributed by atoms with Crippen LogP contribution in [0, 0.1) is 0 Å². The Morgan fingerprint density at radius 2 is 1.03 bits per heavy atom. The zero-order chi connectivity index (χ0) is 24.3. The van der Waals surface area contributed by atoms with Crippen LogP contribution in [0.3, 0.4) is 0 Å². The van der Waals surface area contributed by atoms with Crippen LogP contribution in [-0.2, 0) is 0 Å². The molecule has 0 atom stereocenters. The van der Waals surface area contributed by atoms with Crippen molar-refractivity contribution in [2.24, 2.45) is 0 Å². The third-order valence-electron chi connectivity index (χ3n) is 7.21. The summed E-state index contributed by atoms with van der Waals surface area (Å²) in [5.41, 5.74) is 3.50. The number of nitrogens with zero attached hydrogens (tertiary/aromatic N) is 1. The molecular formula is C34H21NS2. The second-order valence-corrected chi connectivity index (χ2v) is 11.5. The molecule has 0 bridgehead atoms. The van der Waals surface area contributed by atoms with Crippen LogP contribution in [0.15, 0.2) is 127 Å². The molecule has 8 aromatic rings. The van der Waals surface area contributed by atoms with E-state index in [0.29, 0.717) is 0 Å². The fraction of sp³-hybridized carbons (Fsp3) is 0. The fourth-order valence-corrected chi connectivity index (χ4v) is 8.01. The Morgan fingerprint density at radius 1 is 0.405 bits per heavy atom. The second kappa shape index (κ2) is 8.17. The van der Waals surface area contributed by atoms with Gasteiger partial charge >= 0.3 is 0 Å². The molecule has 174 valence electrons. The van der Waals surface area contributed by atoms with E-state index in [9.17, 15) is 0 Å². The lowest BCUT2D eigenvalue weighted by atomic mass is 10.0. The summed E-state index contributed by atoms with van der Waals surface area (Å²) in [7, 11) is 0. The molecule has 3 heteroatoms. The summed E-state index contributed by atoms with van der Waals surface area (Å²) in [4.78, 5) is 2.34. The molecule has 8 rings (SSSR count). The van der Waals surface area contributed by atoms with Gasteiger partial charge in [0.25, 0.3) is 0 Å². The lowest BCUT2D eigenvalue weighted by molar-refractivity contribution is 1.29. The minimum atomic E-state index is 1.16. The quantitative estimate of drug-likeness (QED) is 0.230. The van der Waals surface area contributed by atoms with E-state index in [2.05, 4.69) is 132 Å². The van der Waals surface area contributed by atoms with Gasteiger partial charge in [-0.2, -0.15) is 0 Å². The summed E-state index contributed by atoms with van der Waals surface area (Å²) in [6.07, 6.45) is 0. The van der Waals surface area contributed by atoms with E-state index in [1.165, 1.54) is 56.8 Å². The molecule has 0 unspecified atom stereocenters. The van der Waals surface area contributed by atoms with Crippen LogP contribution in [0.5, 0.6) is 0 Å². The molecule has 0 radical (unpaired) electrons. The standard InChI is InChI=1S/C34H21NS2/c1-3-11-24(12-4-1)35(25-13-5-2-6-14-25)26-15-16-28-32(21-26)36-30-18-17-27-29-19-22-9-7-8-10-23(22)20-31(29)37-34(27)33(28)30/h1-21H. The van der Waals surface area contributed by atoms with Gasteiger partial charge in [-0.05, 0) is 65.4 Å². The van der Waals surface area contributed by atoms with E-state index in [-0.39, 0.29) is 0 Å². The summed E-state index contributed by atoms with van der Waals surface area (Å²) < 4.78 is 5.42. The van der Waals surface area contributed by atoms with Crippen LogP contribution < -0.4 is 4.90 Å². The lowest BCUT2D eigenvalue weighted by Gasteiger charge is -2.25. The van der Waals surface area contributed by atoms with Crippen molar-refractivity contribution in [3.63, 3.8) is 0 Å². The number of thiophene rings is 2. The molecule has 0 aliphatic carbocycles. The largest absolute Gasteiger partial charge is 0.310 e. The Kier molecular flexibility index (Phi) is 4.63. The lowest BCUT2D eigenvalue weighted by Crippen LogP contribution is -2.09.